The van der Waals surface area contributed by atoms with Gasteiger partial charge in [0.05, 0.1) is 27.7 Å². The Hall–Kier alpha value is -0.0200. The summed E-state index contributed by atoms with van der Waals surface area (Å²) in [4.78, 5) is 9.67. The van der Waals surface area contributed by atoms with E-state index in [0.29, 0.717) is 24.1 Å². The van der Waals surface area contributed by atoms with Crippen LogP contribution in [0.1, 0.15) is 115 Å². The molecule has 0 radical (unpaired) electrons. The highest BCUT2D eigenvalue weighted by Gasteiger charge is 2.22. The van der Waals surface area contributed by atoms with E-state index in [2.05, 4.69) is 46.9 Å². The van der Waals surface area contributed by atoms with Gasteiger partial charge >= 0.3 is 7.82 Å². The normalized spacial score (nSPS) is 13.5. The number of hydrogen-bond donors (Lipinski definition) is 1. The van der Waals surface area contributed by atoms with Crippen LogP contribution < -0.4 is 0 Å². The third-order valence-corrected chi connectivity index (χ3v) is 8.86. The van der Waals surface area contributed by atoms with E-state index in [0.717, 1.165) is 13.0 Å². The number of nitrogens with zero attached hydrogens (tertiary/aromatic N) is 1. The molecule has 0 aromatic heterocycles. The van der Waals surface area contributed by atoms with Crippen LogP contribution >= 0.6 is 30.4 Å². The molecule has 40 heavy (non-hydrogen) atoms. The number of ether oxygens (including phenoxy) is 1. The average molecular weight is 694 g/mol. The zero-order valence-corrected chi connectivity index (χ0v) is 29.0. The summed E-state index contributed by atoms with van der Waals surface area (Å²) >= 11 is 2.37. The maximum Gasteiger partial charge on any atom is 0.472 e. The summed E-state index contributed by atoms with van der Waals surface area (Å²) in [7, 11) is 2.06. The van der Waals surface area contributed by atoms with Crippen molar-refractivity contribution < 1.29 is 27.7 Å². The number of phosphoric acid groups is 1. The van der Waals surface area contributed by atoms with E-state index < -0.39 is 7.82 Å². The van der Waals surface area contributed by atoms with Crippen molar-refractivity contribution in [2.24, 2.45) is 0 Å². The molecule has 1 aromatic rings. The molecule has 1 rings (SSSR count). The quantitative estimate of drug-likeness (QED) is 0.0410. The van der Waals surface area contributed by atoms with Crippen LogP contribution in [-0.4, -0.2) is 63.5 Å². The van der Waals surface area contributed by atoms with Gasteiger partial charge in [0.1, 0.15) is 13.2 Å². The Kier molecular flexibility index (Phi) is 23.2. The Morgan fingerprint density at radius 1 is 0.625 bits per heavy atom. The predicted octanol–water partition coefficient (Wildman–Crippen LogP) is 9.32. The van der Waals surface area contributed by atoms with Crippen LogP contribution in [0.15, 0.2) is 24.3 Å². The van der Waals surface area contributed by atoms with Crippen LogP contribution in [0.3, 0.4) is 0 Å². The summed E-state index contributed by atoms with van der Waals surface area (Å²) in [6.45, 7) is 2.32. The molecule has 1 aromatic carbocycles. The van der Waals surface area contributed by atoms with E-state index >= 15 is 0 Å². The largest absolute Gasteiger partial charge is 0.472 e. The van der Waals surface area contributed by atoms with E-state index in [-0.39, 0.29) is 13.2 Å². The van der Waals surface area contributed by atoms with Crippen molar-refractivity contribution in [1.29, 1.82) is 0 Å². The van der Waals surface area contributed by atoms with Crippen LogP contribution in [-0.2, 0) is 24.8 Å². The lowest BCUT2D eigenvalue weighted by molar-refractivity contribution is -0.870. The Labute approximate surface area is 260 Å². The fourth-order valence-corrected chi connectivity index (χ4v) is 5.68. The zero-order chi connectivity index (χ0) is 29.4. The highest BCUT2D eigenvalue weighted by atomic mass is 124. The number of hydrogen-bond acceptors (Lipinski definition) is 4. The molecule has 0 saturated heterocycles. The first-order valence-corrected chi connectivity index (χ1v) is 18.5. The summed E-state index contributed by atoms with van der Waals surface area (Å²) in [5.74, 6) is 0. The second-order valence-corrected chi connectivity index (χ2v) is 14.8. The number of rotatable bonds is 28. The fraction of sp³-hybridized carbons (Fsp3) is 0.812. The van der Waals surface area contributed by atoms with Gasteiger partial charge in [0.15, 0.2) is 0 Å². The van der Waals surface area contributed by atoms with E-state index in [1.165, 1.54) is 112 Å². The van der Waals surface area contributed by atoms with Crippen LogP contribution in [0.25, 0.3) is 0 Å². The minimum Gasteiger partial charge on any atom is -0.381 e. The Morgan fingerprint density at radius 3 is 1.55 bits per heavy atom. The lowest BCUT2D eigenvalue weighted by Crippen LogP contribution is -2.37. The number of phosphoric ester groups is 1. The molecule has 8 heteroatoms. The van der Waals surface area contributed by atoms with Gasteiger partial charge in [-0.2, -0.15) is 0 Å². The van der Waals surface area contributed by atoms with Gasteiger partial charge < -0.3 is 14.1 Å². The van der Waals surface area contributed by atoms with E-state index in [9.17, 15) is 9.46 Å². The Bertz CT molecular complexity index is 757. The average Bonchev–Trinajstić information content (AvgIpc) is 2.89. The van der Waals surface area contributed by atoms with Gasteiger partial charge in [-0.05, 0) is 66.0 Å². The second kappa shape index (κ2) is 24.4. The topological polar surface area (TPSA) is 65.0 Å². The van der Waals surface area contributed by atoms with Crippen LogP contribution in [0.4, 0.5) is 0 Å². The summed E-state index contributed by atoms with van der Waals surface area (Å²) in [5.41, 5.74) is 1.48. The van der Waals surface area contributed by atoms with Gasteiger partial charge in [0, 0.05) is 16.8 Å². The molecule has 0 aliphatic rings. The minimum atomic E-state index is -3.95. The van der Waals surface area contributed by atoms with Crippen molar-refractivity contribution in [2.45, 2.75) is 116 Å². The Balaban J connectivity index is 1.72. The van der Waals surface area contributed by atoms with Gasteiger partial charge in [0.25, 0.3) is 0 Å². The molecule has 0 saturated carbocycles. The molecule has 1 unspecified atom stereocenters. The summed E-state index contributed by atoms with van der Waals surface area (Å²) in [6.07, 6.45) is 23.5. The first-order chi connectivity index (χ1) is 19.2. The smallest absolute Gasteiger partial charge is 0.381 e. The van der Waals surface area contributed by atoms with E-state index in [1.807, 2.05) is 21.1 Å². The summed E-state index contributed by atoms with van der Waals surface area (Å²) in [6, 6.07) is 8.97. The monoisotopic (exact) mass is 693 g/mol. The molecule has 6 nitrogen and oxygen atoms in total. The van der Waals surface area contributed by atoms with Gasteiger partial charge in [0.2, 0.25) is 0 Å². The van der Waals surface area contributed by atoms with Crippen molar-refractivity contribution in [3.8, 4) is 0 Å². The number of likely N-dealkylation sites (N-methyl/N-ethyl adjacent to an activating group) is 1. The number of unbranched alkanes of at least 4 members (excludes halogenated alkanes) is 15. The molecular formula is C32H60INO5P+. The molecule has 1 N–H and O–H groups in total. The van der Waals surface area contributed by atoms with Crippen molar-refractivity contribution in [3.63, 3.8) is 0 Å². The van der Waals surface area contributed by atoms with Gasteiger partial charge in [-0.15, -0.1) is 0 Å². The fourth-order valence-electron chi connectivity index (χ4n) is 4.57. The highest BCUT2D eigenvalue weighted by Crippen LogP contribution is 2.43. The lowest BCUT2D eigenvalue weighted by Gasteiger charge is -2.24. The first-order valence-electron chi connectivity index (χ1n) is 15.9. The molecule has 234 valence electrons. The molecule has 0 spiro atoms. The first kappa shape index (κ1) is 38.0. The maximum atomic E-state index is 11.8. The molecule has 1 atom stereocenters. The highest BCUT2D eigenvalue weighted by molar-refractivity contribution is 14.1. The van der Waals surface area contributed by atoms with Crippen molar-refractivity contribution >= 4 is 30.4 Å². The molecule has 0 fully saturated rings. The molecule has 0 amide bonds. The molecule has 0 aliphatic carbocycles. The van der Waals surface area contributed by atoms with E-state index in [1.54, 1.807) is 0 Å². The number of aryl methyl sites for hydroxylation is 1. The third kappa shape index (κ3) is 25.7. The number of benzene rings is 1. The van der Waals surface area contributed by atoms with Crippen LogP contribution in [0, 0.1) is 3.57 Å². The lowest BCUT2D eigenvalue weighted by atomic mass is 10.0. The van der Waals surface area contributed by atoms with Crippen LogP contribution in [0.2, 0.25) is 0 Å². The van der Waals surface area contributed by atoms with Crippen molar-refractivity contribution in [1.82, 2.24) is 0 Å². The molecular weight excluding hydrogens is 633 g/mol. The van der Waals surface area contributed by atoms with Gasteiger partial charge in [-0.1, -0.05) is 102 Å². The standard InChI is InChI=1S/C32H59INO5P/c1-34(2,3)26-30-39-40(35,36)38-29-20-28-37-27-19-17-15-13-11-9-7-5-4-6-8-10-12-14-16-18-21-31-22-24-32(33)25-23-31/h22-25H,4-21,26-30H2,1-3H3/p+1/i33-3. The van der Waals surface area contributed by atoms with E-state index in [4.69, 9.17) is 13.8 Å². The van der Waals surface area contributed by atoms with Gasteiger partial charge in [-0.25, -0.2) is 4.57 Å². The van der Waals surface area contributed by atoms with Crippen molar-refractivity contribution in [2.75, 3.05) is 54.1 Å². The SMILES string of the molecule is C[N+](C)(C)CCOP(=O)(O)OCCCOCCCCCCCCCCCCCCCCCCc1ccc([124I])cc1. The maximum absolute atomic E-state index is 11.8. The van der Waals surface area contributed by atoms with Crippen LogP contribution in [0.5, 0.6) is 0 Å². The number of quaternary nitrogens is 1. The minimum absolute atomic E-state index is 0.174. The Morgan fingerprint density at radius 2 is 1.05 bits per heavy atom. The molecule has 0 bridgehead atoms. The molecule has 0 aliphatic heterocycles. The predicted molar refractivity (Wildman–Crippen MR) is 177 cm³/mol. The third-order valence-electron chi connectivity index (χ3n) is 7.12. The summed E-state index contributed by atoms with van der Waals surface area (Å²) < 4.78 is 29.4. The van der Waals surface area contributed by atoms with Gasteiger partial charge in [-0.3, -0.25) is 9.05 Å². The second-order valence-electron chi connectivity index (χ2n) is 12.1. The summed E-state index contributed by atoms with van der Waals surface area (Å²) in [5, 5.41) is 0. The zero-order valence-electron chi connectivity index (χ0n) is 25.9. The van der Waals surface area contributed by atoms with Crippen molar-refractivity contribution in [3.05, 3.63) is 33.4 Å². The molecule has 0 heterocycles. The number of halogens is 1.